The molecule has 0 saturated heterocycles. The van der Waals surface area contributed by atoms with E-state index in [1.54, 1.807) is 0 Å². The van der Waals surface area contributed by atoms with Gasteiger partial charge in [0, 0.05) is 18.7 Å². The molecule has 2 aromatic rings. The molecule has 1 aromatic carbocycles. The minimum absolute atomic E-state index is 0.0590. The minimum atomic E-state index is -0.468. The summed E-state index contributed by atoms with van der Waals surface area (Å²) in [6.45, 7) is 2.39. The number of benzene rings is 1. The first-order valence-corrected chi connectivity index (χ1v) is 8.86. The molecule has 1 heterocycles. The highest BCUT2D eigenvalue weighted by atomic mass is 19.1. The molecule has 0 atom stereocenters. The lowest BCUT2D eigenvalue weighted by Crippen LogP contribution is -2.42. The van der Waals surface area contributed by atoms with Crippen molar-refractivity contribution in [1.29, 1.82) is 0 Å². The van der Waals surface area contributed by atoms with Crippen molar-refractivity contribution in [3.8, 4) is 0 Å². The predicted octanol–water partition coefficient (Wildman–Crippen LogP) is 2.58. The van der Waals surface area contributed by atoms with Crippen molar-refractivity contribution < 1.29 is 8.78 Å². The SMILES string of the molecule is Cc1nnc(CNC(=NCc2cc(F)ccc2F)NC2CCCC2)n1C. The Hall–Kier alpha value is -2.51. The van der Waals surface area contributed by atoms with Crippen LogP contribution in [0.5, 0.6) is 0 Å². The first-order valence-electron chi connectivity index (χ1n) is 8.86. The van der Waals surface area contributed by atoms with Crippen molar-refractivity contribution >= 4 is 5.96 Å². The minimum Gasteiger partial charge on any atom is -0.354 e. The molecule has 26 heavy (non-hydrogen) atoms. The van der Waals surface area contributed by atoms with E-state index < -0.39 is 11.6 Å². The van der Waals surface area contributed by atoms with Crippen LogP contribution >= 0.6 is 0 Å². The largest absolute Gasteiger partial charge is 0.354 e. The average molecular weight is 362 g/mol. The summed E-state index contributed by atoms with van der Waals surface area (Å²) in [5.41, 5.74) is 0.229. The van der Waals surface area contributed by atoms with Gasteiger partial charge in [-0.3, -0.25) is 0 Å². The van der Waals surface area contributed by atoms with Gasteiger partial charge in [-0.15, -0.1) is 10.2 Å². The molecule has 2 N–H and O–H groups in total. The summed E-state index contributed by atoms with van der Waals surface area (Å²) in [5.74, 6) is 1.25. The second kappa shape index (κ2) is 8.25. The van der Waals surface area contributed by atoms with Gasteiger partial charge in [-0.05, 0) is 38.0 Å². The monoisotopic (exact) mass is 362 g/mol. The van der Waals surface area contributed by atoms with E-state index >= 15 is 0 Å². The Balaban J connectivity index is 1.71. The topological polar surface area (TPSA) is 67.1 Å². The van der Waals surface area contributed by atoms with Gasteiger partial charge in [0.25, 0.3) is 0 Å². The molecular formula is C18H24F2N6. The van der Waals surface area contributed by atoms with Crippen LogP contribution in [-0.4, -0.2) is 26.8 Å². The second-order valence-electron chi connectivity index (χ2n) is 6.60. The number of guanidine groups is 1. The van der Waals surface area contributed by atoms with Gasteiger partial charge < -0.3 is 15.2 Å². The van der Waals surface area contributed by atoms with Crippen LogP contribution in [0.1, 0.15) is 42.9 Å². The molecule has 1 aromatic heterocycles. The number of nitrogens with one attached hydrogen (secondary N) is 2. The lowest BCUT2D eigenvalue weighted by Gasteiger charge is -2.17. The Morgan fingerprint density at radius 2 is 2.04 bits per heavy atom. The summed E-state index contributed by atoms with van der Waals surface area (Å²) in [4.78, 5) is 4.44. The van der Waals surface area contributed by atoms with E-state index in [9.17, 15) is 8.78 Å². The molecule has 0 bridgehead atoms. The van der Waals surface area contributed by atoms with E-state index in [1.165, 1.54) is 18.9 Å². The predicted molar refractivity (Wildman–Crippen MR) is 95.5 cm³/mol. The van der Waals surface area contributed by atoms with Crippen LogP contribution in [0.3, 0.4) is 0 Å². The number of rotatable bonds is 5. The molecule has 1 aliphatic carbocycles. The molecule has 1 aliphatic rings. The molecule has 3 rings (SSSR count). The fourth-order valence-electron chi connectivity index (χ4n) is 3.01. The highest BCUT2D eigenvalue weighted by Gasteiger charge is 2.17. The molecule has 140 valence electrons. The van der Waals surface area contributed by atoms with Crippen LogP contribution < -0.4 is 10.6 Å². The molecule has 0 spiro atoms. The molecule has 6 nitrogen and oxygen atoms in total. The van der Waals surface area contributed by atoms with Crippen molar-refractivity contribution in [2.45, 2.75) is 51.7 Å². The maximum absolute atomic E-state index is 13.8. The van der Waals surface area contributed by atoms with Crippen molar-refractivity contribution in [2.75, 3.05) is 0 Å². The van der Waals surface area contributed by atoms with Gasteiger partial charge in [0.15, 0.2) is 11.8 Å². The van der Waals surface area contributed by atoms with Crippen LogP contribution in [-0.2, 0) is 20.1 Å². The molecular weight excluding hydrogens is 338 g/mol. The number of halogens is 2. The standard InChI is InChI=1S/C18H24F2N6/c1-12-24-25-17(26(12)2)11-22-18(23-15-5-3-4-6-15)21-10-13-9-14(19)7-8-16(13)20/h7-9,15H,3-6,10-11H2,1-2H3,(H2,21,22,23). The van der Waals surface area contributed by atoms with Gasteiger partial charge in [-0.25, -0.2) is 13.8 Å². The smallest absolute Gasteiger partial charge is 0.192 e. The van der Waals surface area contributed by atoms with Crippen LogP contribution in [0.15, 0.2) is 23.2 Å². The molecule has 0 aliphatic heterocycles. The average Bonchev–Trinajstić information content (AvgIpc) is 3.24. The van der Waals surface area contributed by atoms with Crippen LogP contribution in [0.25, 0.3) is 0 Å². The van der Waals surface area contributed by atoms with Gasteiger partial charge in [0.1, 0.15) is 17.5 Å². The van der Waals surface area contributed by atoms with Gasteiger partial charge in [-0.2, -0.15) is 0 Å². The van der Waals surface area contributed by atoms with Crippen molar-refractivity contribution in [1.82, 2.24) is 25.4 Å². The zero-order chi connectivity index (χ0) is 18.5. The first kappa shape index (κ1) is 18.3. The molecule has 0 amide bonds. The van der Waals surface area contributed by atoms with E-state index in [1.807, 2.05) is 18.5 Å². The highest BCUT2D eigenvalue weighted by molar-refractivity contribution is 5.80. The lowest BCUT2D eigenvalue weighted by molar-refractivity contribution is 0.583. The van der Waals surface area contributed by atoms with E-state index in [4.69, 9.17) is 0 Å². The quantitative estimate of drug-likeness (QED) is 0.634. The highest BCUT2D eigenvalue weighted by Crippen LogP contribution is 2.17. The van der Waals surface area contributed by atoms with Crippen molar-refractivity contribution in [3.05, 3.63) is 47.0 Å². The maximum Gasteiger partial charge on any atom is 0.192 e. The summed E-state index contributed by atoms with van der Waals surface area (Å²) in [5, 5.41) is 14.8. The fraction of sp³-hybridized carbons (Fsp3) is 0.500. The van der Waals surface area contributed by atoms with Crippen molar-refractivity contribution in [2.24, 2.45) is 12.0 Å². The Bertz CT molecular complexity index is 780. The van der Waals surface area contributed by atoms with E-state index in [2.05, 4.69) is 25.8 Å². The Morgan fingerprint density at radius 1 is 1.27 bits per heavy atom. The maximum atomic E-state index is 13.8. The summed E-state index contributed by atoms with van der Waals surface area (Å²) < 4.78 is 29.1. The number of hydrogen-bond donors (Lipinski definition) is 2. The third kappa shape index (κ3) is 4.56. The van der Waals surface area contributed by atoms with Gasteiger partial charge in [0.2, 0.25) is 0 Å². The summed E-state index contributed by atoms with van der Waals surface area (Å²) >= 11 is 0. The van der Waals surface area contributed by atoms with Crippen molar-refractivity contribution in [3.63, 3.8) is 0 Å². The zero-order valence-corrected chi connectivity index (χ0v) is 15.1. The molecule has 8 heteroatoms. The number of aliphatic imine (C=N–C) groups is 1. The zero-order valence-electron chi connectivity index (χ0n) is 15.1. The summed E-state index contributed by atoms with van der Waals surface area (Å²) in [6.07, 6.45) is 4.54. The number of nitrogens with zero attached hydrogens (tertiary/aromatic N) is 4. The van der Waals surface area contributed by atoms with E-state index in [0.29, 0.717) is 18.5 Å². The third-order valence-corrected chi connectivity index (χ3v) is 4.71. The molecule has 0 radical (unpaired) electrons. The molecule has 0 unspecified atom stereocenters. The Morgan fingerprint density at radius 3 is 2.73 bits per heavy atom. The van der Waals surface area contributed by atoms with Gasteiger partial charge in [-0.1, -0.05) is 12.8 Å². The van der Waals surface area contributed by atoms with E-state index in [0.717, 1.165) is 36.6 Å². The Kier molecular flexibility index (Phi) is 5.80. The summed E-state index contributed by atoms with van der Waals surface area (Å²) in [7, 11) is 1.90. The normalized spacial score (nSPS) is 15.5. The fourth-order valence-corrected chi connectivity index (χ4v) is 3.01. The first-order chi connectivity index (χ1) is 12.5. The number of hydrogen-bond acceptors (Lipinski definition) is 3. The second-order valence-corrected chi connectivity index (χ2v) is 6.60. The van der Waals surface area contributed by atoms with Gasteiger partial charge in [0.05, 0.1) is 13.1 Å². The van der Waals surface area contributed by atoms with Crippen LogP contribution in [0, 0.1) is 18.6 Å². The van der Waals surface area contributed by atoms with Crippen LogP contribution in [0.4, 0.5) is 8.78 Å². The number of aromatic nitrogens is 3. The third-order valence-electron chi connectivity index (χ3n) is 4.71. The number of aryl methyl sites for hydroxylation is 1. The lowest BCUT2D eigenvalue weighted by atomic mass is 10.2. The van der Waals surface area contributed by atoms with E-state index in [-0.39, 0.29) is 12.1 Å². The summed E-state index contributed by atoms with van der Waals surface area (Å²) in [6, 6.07) is 3.76. The van der Waals surface area contributed by atoms with Crippen LogP contribution in [0.2, 0.25) is 0 Å². The Labute approximate surface area is 151 Å². The molecule has 1 fully saturated rings. The van der Waals surface area contributed by atoms with Gasteiger partial charge >= 0.3 is 0 Å². The molecule has 1 saturated carbocycles.